The fourth-order valence-corrected chi connectivity index (χ4v) is 3.00. The van der Waals surface area contributed by atoms with Crippen LogP contribution in [0.25, 0.3) is 0 Å². The summed E-state index contributed by atoms with van der Waals surface area (Å²) in [6.45, 7) is 0. The van der Waals surface area contributed by atoms with Gasteiger partial charge in [0.05, 0.1) is 0 Å². The van der Waals surface area contributed by atoms with E-state index >= 15 is 0 Å². The summed E-state index contributed by atoms with van der Waals surface area (Å²) >= 11 is 0. The van der Waals surface area contributed by atoms with Gasteiger partial charge in [0.2, 0.25) is 11.6 Å². The van der Waals surface area contributed by atoms with Crippen molar-refractivity contribution >= 4 is 0 Å². The van der Waals surface area contributed by atoms with Gasteiger partial charge in [-0.3, -0.25) is 0 Å². The van der Waals surface area contributed by atoms with Gasteiger partial charge in [0.25, 0.3) is 0 Å². The van der Waals surface area contributed by atoms with Crippen LogP contribution in [-0.4, -0.2) is 43.2 Å². The highest BCUT2D eigenvalue weighted by Crippen LogP contribution is 2.50. The monoisotopic (exact) mass is 218 g/mol. The van der Waals surface area contributed by atoms with Crippen LogP contribution < -0.4 is 0 Å². The van der Waals surface area contributed by atoms with E-state index in [2.05, 4.69) is 0 Å². The van der Waals surface area contributed by atoms with Crippen molar-refractivity contribution < 1.29 is 25.5 Å². The molecule has 0 aromatic rings. The summed E-state index contributed by atoms with van der Waals surface area (Å²) in [5.74, 6) is -6.48. The molecule has 2 saturated carbocycles. The maximum Gasteiger partial charge on any atom is 0.245 e. The lowest BCUT2D eigenvalue weighted by atomic mass is 9.88. The van der Waals surface area contributed by atoms with E-state index in [4.69, 9.17) is 0 Å². The van der Waals surface area contributed by atoms with Crippen LogP contribution in [0.15, 0.2) is 0 Å². The summed E-state index contributed by atoms with van der Waals surface area (Å²) in [5.41, 5.74) is 0. The second-order valence-corrected chi connectivity index (χ2v) is 4.81. The topological polar surface area (TPSA) is 101 Å². The highest BCUT2D eigenvalue weighted by Gasteiger charge is 2.67. The van der Waals surface area contributed by atoms with Gasteiger partial charge in [-0.05, 0) is 18.8 Å². The number of hydrogen-bond donors (Lipinski definition) is 5. The van der Waals surface area contributed by atoms with Gasteiger partial charge in [-0.15, -0.1) is 0 Å². The zero-order chi connectivity index (χ0) is 11.3. The lowest BCUT2D eigenvalue weighted by Gasteiger charge is -2.33. The number of aliphatic hydroxyl groups excluding tert-OH is 1. The molecule has 2 fully saturated rings. The molecule has 0 saturated heterocycles. The highest BCUT2D eigenvalue weighted by molar-refractivity contribution is 5.07. The molecule has 3 unspecified atom stereocenters. The Hall–Kier alpha value is -0.200. The SMILES string of the molecule is OC1C2CCCCCC2C(O)(O)C1(O)O. The molecule has 5 nitrogen and oxygen atoms in total. The number of aliphatic hydroxyl groups is 5. The Morgan fingerprint density at radius 1 is 0.800 bits per heavy atom. The first-order chi connectivity index (χ1) is 6.89. The molecule has 3 atom stereocenters. The Morgan fingerprint density at radius 2 is 1.40 bits per heavy atom. The fraction of sp³-hybridized carbons (Fsp3) is 1.00. The second-order valence-electron chi connectivity index (χ2n) is 4.81. The van der Waals surface area contributed by atoms with Gasteiger partial charge in [-0.2, -0.15) is 0 Å². The van der Waals surface area contributed by atoms with Crippen LogP contribution in [0.2, 0.25) is 0 Å². The smallest absolute Gasteiger partial charge is 0.245 e. The van der Waals surface area contributed by atoms with Gasteiger partial charge < -0.3 is 25.5 Å². The van der Waals surface area contributed by atoms with E-state index in [-0.39, 0.29) is 0 Å². The predicted octanol–water partition coefficient (Wildman–Crippen LogP) is -1.08. The molecule has 2 aliphatic carbocycles. The van der Waals surface area contributed by atoms with Crippen molar-refractivity contribution in [1.29, 1.82) is 0 Å². The highest BCUT2D eigenvalue weighted by atomic mass is 16.6. The van der Waals surface area contributed by atoms with E-state index in [9.17, 15) is 25.5 Å². The second kappa shape index (κ2) is 3.40. The van der Waals surface area contributed by atoms with E-state index in [1.165, 1.54) is 0 Å². The third-order valence-electron chi connectivity index (χ3n) is 3.95. The average Bonchev–Trinajstić information content (AvgIpc) is 2.41. The molecule has 0 radical (unpaired) electrons. The summed E-state index contributed by atoms with van der Waals surface area (Å²) in [6, 6.07) is 0. The van der Waals surface area contributed by atoms with Crippen molar-refractivity contribution in [3.63, 3.8) is 0 Å². The predicted molar refractivity (Wildman–Crippen MR) is 50.4 cm³/mol. The maximum absolute atomic E-state index is 9.71. The summed E-state index contributed by atoms with van der Waals surface area (Å²) in [5, 5.41) is 48.1. The molecule has 0 heterocycles. The van der Waals surface area contributed by atoms with E-state index in [1.807, 2.05) is 0 Å². The standard InChI is InChI=1S/C10H18O5/c11-8-6-4-2-1-3-5-7(6)9(12,13)10(8,14)15/h6-8,11-15H,1-5H2. The van der Waals surface area contributed by atoms with Gasteiger partial charge in [0, 0.05) is 5.92 Å². The molecule has 2 rings (SSSR count). The van der Waals surface area contributed by atoms with Gasteiger partial charge >= 0.3 is 0 Å². The summed E-state index contributed by atoms with van der Waals surface area (Å²) in [6.07, 6.45) is 2.34. The third kappa shape index (κ3) is 1.42. The van der Waals surface area contributed by atoms with Gasteiger partial charge in [0.1, 0.15) is 6.10 Å². The first-order valence-corrected chi connectivity index (χ1v) is 5.46. The minimum Gasteiger partial charge on any atom is -0.387 e. The largest absolute Gasteiger partial charge is 0.387 e. The van der Waals surface area contributed by atoms with Crippen LogP contribution in [-0.2, 0) is 0 Å². The maximum atomic E-state index is 9.71. The van der Waals surface area contributed by atoms with Gasteiger partial charge in [-0.1, -0.05) is 19.3 Å². The lowest BCUT2D eigenvalue weighted by Crippen LogP contribution is -2.57. The summed E-state index contributed by atoms with van der Waals surface area (Å²) in [7, 11) is 0. The Labute approximate surface area is 88.0 Å². The minimum absolute atomic E-state index is 0.433. The van der Waals surface area contributed by atoms with Crippen molar-refractivity contribution in [3.8, 4) is 0 Å². The average molecular weight is 218 g/mol. The Balaban J connectivity index is 2.32. The molecule has 0 bridgehead atoms. The van der Waals surface area contributed by atoms with Crippen LogP contribution in [0, 0.1) is 11.8 Å². The zero-order valence-corrected chi connectivity index (χ0v) is 8.50. The molecule has 88 valence electrons. The van der Waals surface area contributed by atoms with E-state index in [0.29, 0.717) is 12.8 Å². The van der Waals surface area contributed by atoms with Crippen molar-refractivity contribution in [2.24, 2.45) is 11.8 Å². The van der Waals surface area contributed by atoms with Crippen molar-refractivity contribution in [3.05, 3.63) is 0 Å². The molecular weight excluding hydrogens is 200 g/mol. The Kier molecular flexibility index (Phi) is 2.56. The molecule has 0 aliphatic heterocycles. The molecule has 0 aromatic carbocycles. The van der Waals surface area contributed by atoms with Crippen molar-refractivity contribution in [1.82, 2.24) is 0 Å². The molecule has 15 heavy (non-hydrogen) atoms. The Morgan fingerprint density at radius 3 is 2.07 bits per heavy atom. The zero-order valence-electron chi connectivity index (χ0n) is 8.50. The van der Waals surface area contributed by atoms with Crippen LogP contribution >= 0.6 is 0 Å². The quantitative estimate of drug-likeness (QED) is 0.333. The minimum atomic E-state index is -2.81. The van der Waals surface area contributed by atoms with Gasteiger partial charge in [-0.25, -0.2) is 0 Å². The van der Waals surface area contributed by atoms with E-state index < -0.39 is 29.5 Å². The van der Waals surface area contributed by atoms with Crippen LogP contribution in [0.3, 0.4) is 0 Å². The number of fused-ring (bicyclic) bond motifs is 1. The molecule has 0 aromatic heterocycles. The third-order valence-corrected chi connectivity index (χ3v) is 3.95. The molecule has 5 N–H and O–H groups in total. The van der Waals surface area contributed by atoms with Crippen molar-refractivity contribution in [2.75, 3.05) is 0 Å². The lowest BCUT2D eigenvalue weighted by molar-refractivity contribution is -0.371. The normalized spacial score (nSPS) is 43.4. The van der Waals surface area contributed by atoms with Crippen LogP contribution in [0.1, 0.15) is 32.1 Å². The molecule has 0 spiro atoms. The number of rotatable bonds is 0. The Bertz CT molecular complexity index is 250. The number of hydrogen-bond acceptors (Lipinski definition) is 5. The first-order valence-electron chi connectivity index (χ1n) is 5.46. The van der Waals surface area contributed by atoms with Crippen LogP contribution in [0.5, 0.6) is 0 Å². The summed E-state index contributed by atoms with van der Waals surface area (Å²) < 4.78 is 0. The molecule has 0 amide bonds. The van der Waals surface area contributed by atoms with E-state index in [0.717, 1.165) is 19.3 Å². The fourth-order valence-electron chi connectivity index (χ4n) is 3.00. The first kappa shape index (κ1) is 11.3. The van der Waals surface area contributed by atoms with Crippen molar-refractivity contribution in [2.45, 2.75) is 49.8 Å². The van der Waals surface area contributed by atoms with E-state index in [1.54, 1.807) is 0 Å². The summed E-state index contributed by atoms with van der Waals surface area (Å²) in [4.78, 5) is 0. The molecular formula is C10H18O5. The molecule has 5 heteroatoms. The van der Waals surface area contributed by atoms with Gasteiger partial charge in [0.15, 0.2) is 0 Å². The van der Waals surface area contributed by atoms with Crippen LogP contribution in [0.4, 0.5) is 0 Å². The molecule has 2 aliphatic rings.